The first-order valence-corrected chi connectivity index (χ1v) is 6.79. The highest BCUT2D eigenvalue weighted by Gasteiger charge is 2.23. The van der Waals surface area contributed by atoms with Crippen LogP contribution in [0, 0.1) is 5.92 Å². The number of nitrogens with zero attached hydrogens (tertiary/aromatic N) is 4. The highest BCUT2D eigenvalue weighted by molar-refractivity contribution is 5.72. The second kappa shape index (κ2) is 6.07. The molecule has 2 aromatic heterocycles. The molecule has 10 nitrogen and oxygen atoms in total. The Morgan fingerprint density at radius 3 is 2.48 bits per heavy atom. The fourth-order valence-electron chi connectivity index (χ4n) is 2.37. The van der Waals surface area contributed by atoms with Gasteiger partial charge in [0.2, 0.25) is 0 Å². The number of aliphatic carboxylic acids is 2. The molecule has 0 bridgehead atoms. The lowest BCUT2D eigenvalue weighted by Crippen LogP contribution is -2.42. The van der Waals surface area contributed by atoms with Crippen molar-refractivity contribution in [2.24, 2.45) is 20.0 Å². The lowest BCUT2D eigenvalue weighted by atomic mass is 10.0. The van der Waals surface area contributed by atoms with Crippen LogP contribution in [-0.4, -0.2) is 40.8 Å². The second-order valence-corrected chi connectivity index (χ2v) is 5.25. The van der Waals surface area contributed by atoms with Crippen molar-refractivity contribution in [1.82, 2.24) is 18.7 Å². The van der Waals surface area contributed by atoms with E-state index in [0.717, 1.165) is 9.13 Å². The number of hydrogen-bond acceptors (Lipinski definition) is 5. The summed E-state index contributed by atoms with van der Waals surface area (Å²) in [5, 5.41) is 17.9. The van der Waals surface area contributed by atoms with Gasteiger partial charge in [-0.05, 0) is 6.42 Å². The van der Waals surface area contributed by atoms with Gasteiger partial charge in [-0.1, -0.05) is 0 Å². The molecule has 0 radical (unpaired) electrons. The van der Waals surface area contributed by atoms with E-state index in [9.17, 15) is 24.3 Å². The van der Waals surface area contributed by atoms with E-state index in [1.807, 2.05) is 0 Å². The molecule has 2 heterocycles. The summed E-state index contributed by atoms with van der Waals surface area (Å²) < 4.78 is 3.41. The molecule has 0 aliphatic rings. The summed E-state index contributed by atoms with van der Waals surface area (Å²) >= 11 is 0. The van der Waals surface area contributed by atoms with Crippen LogP contribution < -0.4 is 11.2 Å². The van der Waals surface area contributed by atoms with E-state index in [0.29, 0.717) is 0 Å². The van der Waals surface area contributed by atoms with Crippen molar-refractivity contribution in [3.63, 3.8) is 0 Å². The van der Waals surface area contributed by atoms with Crippen LogP contribution in [0.15, 0.2) is 15.9 Å². The van der Waals surface area contributed by atoms with E-state index in [1.165, 1.54) is 17.9 Å². The Morgan fingerprint density at radius 2 is 1.91 bits per heavy atom. The average Bonchev–Trinajstić information content (AvgIpc) is 2.85. The lowest BCUT2D eigenvalue weighted by molar-refractivity contribution is -0.143. The van der Waals surface area contributed by atoms with Crippen molar-refractivity contribution in [3.05, 3.63) is 27.2 Å². The Bertz CT molecular complexity index is 890. The lowest BCUT2D eigenvalue weighted by Gasteiger charge is -2.14. The van der Waals surface area contributed by atoms with Gasteiger partial charge in [0.15, 0.2) is 11.2 Å². The molecule has 0 aromatic carbocycles. The SMILES string of the molecule is Cn1cnc2c1c(=O)n(CC(CCC(=O)O)C(=O)O)c(=O)n2C. The summed E-state index contributed by atoms with van der Waals surface area (Å²) in [5.74, 6) is -3.55. The predicted octanol–water partition coefficient (Wildman–Crippen LogP) is -1.00. The van der Waals surface area contributed by atoms with E-state index in [4.69, 9.17) is 5.11 Å². The fraction of sp³-hybridized carbons (Fsp3) is 0.462. The zero-order valence-electron chi connectivity index (χ0n) is 12.6. The maximum absolute atomic E-state index is 12.5. The topological polar surface area (TPSA) is 136 Å². The predicted molar refractivity (Wildman–Crippen MR) is 78.2 cm³/mol. The average molecular weight is 324 g/mol. The summed E-state index contributed by atoms with van der Waals surface area (Å²) in [7, 11) is 3.02. The second-order valence-electron chi connectivity index (χ2n) is 5.25. The molecule has 0 aliphatic carbocycles. The van der Waals surface area contributed by atoms with Gasteiger partial charge in [0.1, 0.15) is 0 Å². The largest absolute Gasteiger partial charge is 0.481 e. The number of fused-ring (bicyclic) bond motifs is 1. The van der Waals surface area contributed by atoms with Crippen molar-refractivity contribution >= 4 is 23.1 Å². The van der Waals surface area contributed by atoms with Crippen molar-refractivity contribution < 1.29 is 19.8 Å². The number of aryl methyl sites for hydroxylation is 2. The Morgan fingerprint density at radius 1 is 1.26 bits per heavy atom. The van der Waals surface area contributed by atoms with Crippen LogP contribution in [0.4, 0.5) is 0 Å². The van der Waals surface area contributed by atoms with E-state index in [1.54, 1.807) is 7.05 Å². The van der Waals surface area contributed by atoms with Gasteiger partial charge < -0.3 is 14.8 Å². The van der Waals surface area contributed by atoms with Gasteiger partial charge in [0, 0.05) is 27.1 Å². The maximum atomic E-state index is 12.5. The van der Waals surface area contributed by atoms with Gasteiger partial charge in [-0.25, -0.2) is 9.78 Å². The zero-order valence-corrected chi connectivity index (χ0v) is 12.6. The summed E-state index contributed by atoms with van der Waals surface area (Å²) in [5.41, 5.74) is -0.960. The molecule has 0 spiro atoms. The van der Waals surface area contributed by atoms with Gasteiger partial charge in [0.05, 0.1) is 12.2 Å². The zero-order chi connectivity index (χ0) is 17.3. The van der Waals surface area contributed by atoms with Crippen LogP contribution in [-0.2, 0) is 30.2 Å². The van der Waals surface area contributed by atoms with Gasteiger partial charge >= 0.3 is 17.6 Å². The number of hydrogen-bond donors (Lipinski definition) is 2. The Hall–Kier alpha value is -2.91. The molecule has 1 unspecified atom stereocenters. The van der Waals surface area contributed by atoms with Crippen molar-refractivity contribution in [2.45, 2.75) is 19.4 Å². The number of carboxylic acid groups (broad SMARTS) is 2. The Labute approximate surface area is 129 Å². The number of imidazole rings is 1. The standard InChI is InChI=1S/C13H16N4O6/c1-15-6-14-10-9(15)11(20)17(13(23)16(10)2)5-7(12(21)22)3-4-8(18)19/h6-7H,3-5H2,1-2H3,(H,18,19)(H,21,22). The first-order valence-electron chi connectivity index (χ1n) is 6.79. The minimum atomic E-state index is -1.26. The summed E-state index contributed by atoms with van der Waals surface area (Å²) in [6.45, 7) is -0.394. The molecule has 1 atom stereocenters. The van der Waals surface area contributed by atoms with E-state index in [-0.39, 0.29) is 24.0 Å². The summed E-state index contributed by atoms with van der Waals surface area (Å²) in [6, 6.07) is 0. The van der Waals surface area contributed by atoms with E-state index < -0.39 is 35.7 Å². The van der Waals surface area contributed by atoms with Crippen molar-refractivity contribution in [3.8, 4) is 0 Å². The number of carbonyl (C=O) groups is 2. The molecule has 2 aromatic rings. The van der Waals surface area contributed by atoms with Crippen molar-refractivity contribution in [1.29, 1.82) is 0 Å². The Kier molecular flexibility index (Phi) is 4.34. The first-order chi connectivity index (χ1) is 10.7. The quantitative estimate of drug-likeness (QED) is 0.695. The third kappa shape index (κ3) is 3.00. The van der Waals surface area contributed by atoms with E-state index >= 15 is 0 Å². The highest BCUT2D eigenvalue weighted by atomic mass is 16.4. The monoisotopic (exact) mass is 324 g/mol. The van der Waals surface area contributed by atoms with Gasteiger partial charge in [0.25, 0.3) is 5.56 Å². The molecule has 0 saturated carbocycles. The molecule has 2 rings (SSSR count). The molecule has 10 heteroatoms. The van der Waals surface area contributed by atoms with Gasteiger partial charge in [-0.15, -0.1) is 0 Å². The normalized spacial score (nSPS) is 12.4. The molecule has 0 saturated heterocycles. The summed E-state index contributed by atoms with van der Waals surface area (Å²) in [4.78, 5) is 50.6. The summed E-state index contributed by atoms with van der Waals surface area (Å²) in [6.07, 6.45) is 0.846. The highest BCUT2D eigenvalue weighted by Crippen LogP contribution is 2.10. The van der Waals surface area contributed by atoms with Crippen LogP contribution in [0.1, 0.15) is 12.8 Å². The molecule has 2 N–H and O–H groups in total. The molecule has 23 heavy (non-hydrogen) atoms. The Balaban J connectivity index is 2.52. The molecule has 0 amide bonds. The minimum absolute atomic E-state index is 0.175. The minimum Gasteiger partial charge on any atom is -0.481 e. The van der Waals surface area contributed by atoms with E-state index in [2.05, 4.69) is 4.98 Å². The number of rotatable bonds is 6. The van der Waals surface area contributed by atoms with Crippen LogP contribution >= 0.6 is 0 Å². The number of carboxylic acids is 2. The molecular formula is C13H16N4O6. The molecule has 0 aliphatic heterocycles. The van der Waals surface area contributed by atoms with Crippen LogP contribution in [0.5, 0.6) is 0 Å². The molecule has 124 valence electrons. The first kappa shape index (κ1) is 16.5. The van der Waals surface area contributed by atoms with Crippen molar-refractivity contribution in [2.75, 3.05) is 0 Å². The smallest absolute Gasteiger partial charge is 0.332 e. The van der Waals surface area contributed by atoms with Crippen LogP contribution in [0.2, 0.25) is 0 Å². The van der Waals surface area contributed by atoms with Crippen LogP contribution in [0.25, 0.3) is 11.2 Å². The number of aromatic nitrogens is 4. The maximum Gasteiger partial charge on any atom is 0.332 e. The van der Waals surface area contributed by atoms with Crippen LogP contribution in [0.3, 0.4) is 0 Å². The fourth-order valence-corrected chi connectivity index (χ4v) is 2.37. The molecular weight excluding hydrogens is 308 g/mol. The third-order valence-electron chi connectivity index (χ3n) is 3.66. The third-order valence-corrected chi connectivity index (χ3v) is 3.66. The van der Waals surface area contributed by atoms with Gasteiger partial charge in [-0.2, -0.15) is 0 Å². The van der Waals surface area contributed by atoms with Gasteiger partial charge in [-0.3, -0.25) is 23.5 Å². The molecule has 0 fully saturated rings.